The number of hydrogen-bond acceptors (Lipinski definition) is 5. The van der Waals surface area contributed by atoms with Crippen LogP contribution in [0.25, 0.3) is 10.9 Å². The van der Waals surface area contributed by atoms with Crippen LogP contribution in [-0.4, -0.2) is 22.7 Å². The first-order chi connectivity index (χ1) is 17.5. The molecule has 1 aromatic heterocycles. The van der Waals surface area contributed by atoms with Crippen LogP contribution < -0.4 is 5.32 Å². The molecule has 0 fully saturated rings. The van der Waals surface area contributed by atoms with Crippen molar-refractivity contribution < 1.29 is 19.0 Å². The van der Waals surface area contributed by atoms with Crippen LogP contribution >= 0.6 is 0 Å². The number of unbranched alkanes of at least 4 members (excludes halogenated alkanes) is 3. The van der Waals surface area contributed by atoms with Crippen molar-refractivity contribution in [2.45, 2.75) is 45.6 Å². The Kier molecular flexibility index (Phi) is 8.16. The lowest BCUT2D eigenvalue weighted by atomic mass is 9.95. The second-order valence-electron chi connectivity index (χ2n) is 8.93. The molecule has 36 heavy (non-hydrogen) atoms. The number of pyridine rings is 1. The number of aromatic hydroxyl groups is 1. The van der Waals surface area contributed by atoms with Gasteiger partial charge in [-0.15, -0.1) is 0 Å². The monoisotopic (exact) mass is 486 g/mol. The first kappa shape index (κ1) is 25.2. The fourth-order valence-electron chi connectivity index (χ4n) is 4.16. The zero-order valence-corrected chi connectivity index (χ0v) is 20.6. The number of aryl methyl sites for hydroxylation is 1. The van der Waals surface area contributed by atoms with Crippen LogP contribution in [0.4, 0.5) is 10.1 Å². The zero-order valence-electron chi connectivity index (χ0n) is 20.6. The molecular formula is C30H31FN2O3. The van der Waals surface area contributed by atoms with E-state index in [1.165, 1.54) is 12.1 Å². The summed E-state index contributed by atoms with van der Waals surface area (Å²) < 4.78 is 19.0. The lowest BCUT2D eigenvalue weighted by Crippen LogP contribution is -2.13. The number of phenolic OH excluding ortho intramolecular Hbond substituents is 1. The number of anilines is 1. The van der Waals surface area contributed by atoms with Gasteiger partial charge in [0.15, 0.2) is 0 Å². The summed E-state index contributed by atoms with van der Waals surface area (Å²) >= 11 is 0. The standard InChI is InChI=1S/C30H31FN2O3/c1-3-4-5-6-19-36-30(35)23-11-16-25(17-12-23)33-27(21-9-14-24(31)15-10-21)26-18-13-22-8-7-20(2)32-28(22)29(26)34/h7-18,27,33-34H,3-6,19H2,1-2H3. The van der Waals surface area contributed by atoms with Gasteiger partial charge in [0.05, 0.1) is 18.2 Å². The second kappa shape index (κ2) is 11.7. The number of carbonyl (C=O) groups excluding carboxylic acids is 1. The molecule has 0 aliphatic heterocycles. The number of carbonyl (C=O) groups is 1. The zero-order chi connectivity index (χ0) is 25.5. The Bertz CT molecular complexity index is 1320. The highest BCUT2D eigenvalue weighted by Gasteiger charge is 2.20. The van der Waals surface area contributed by atoms with Crippen LogP contribution in [0.3, 0.4) is 0 Å². The Hall–Kier alpha value is -3.93. The van der Waals surface area contributed by atoms with Crippen LogP contribution in [-0.2, 0) is 4.74 Å². The first-order valence-corrected chi connectivity index (χ1v) is 12.3. The molecule has 3 aromatic carbocycles. The molecule has 1 heterocycles. The van der Waals surface area contributed by atoms with E-state index in [1.807, 2.05) is 31.2 Å². The number of hydrogen-bond donors (Lipinski definition) is 2. The number of ether oxygens (including phenoxy) is 1. The number of nitrogens with zero attached hydrogens (tertiary/aromatic N) is 1. The maximum Gasteiger partial charge on any atom is 0.338 e. The predicted octanol–water partition coefficient (Wildman–Crippen LogP) is 7.33. The van der Waals surface area contributed by atoms with Gasteiger partial charge < -0.3 is 15.2 Å². The van der Waals surface area contributed by atoms with E-state index in [-0.39, 0.29) is 17.5 Å². The van der Waals surface area contributed by atoms with Crippen molar-refractivity contribution in [2.75, 3.05) is 11.9 Å². The third kappa shape index (κ3) is 6.00. The predicted molar refractivity (Wildman–Crippen MR) is 141 cm³/mol. The highest BCUT2D eigenvalue weighted by molar-refractivity contribution is 5.90. The SMILES string of the molecule is CCCCCCOC(=O)c1ccc(NC(c2ccc(F)cc2)c2ccc3ccc(C)nc3c2O)cc1. The number of halogens is 1. The van der Waals surface area contributed by atoms with E-state index >= 15 is 0 Å². The molecule has 0 amide bonds. The molecule has 6 heteroatoms. The maximum atomic E-state index is 13.7. The van der Waals surface area contributed by atoms with Gasteiger partial charge in [-0.05, 0) is 61.4 Å². The molecule has 0 saturated heterocycles. The van der Waals surface area contributed by atoms with E-state index in [0.29, 0.717) is 23.3 Å². The number of esters is 1. The molecular weight excluding hydrogens is 455 g/mol. The summed E-state index contributed by atoms with van der Waals surface area (Å²) in [6, 6.07) is 20.3. The quantitative estimate of drug-likeness (QED) is 0.181. The van der Waals surface area contributed by atoms with Crippen molar-refractivity contribution in [1.29, 1.82) is 0 Å². The molecule has 1 unspecified atom stereocenters. The van der Waals surface area contributed by atoms with Gasteiger partial charge in [-0.1, -0.05) is 56.5 Å². The third-order valence-electron chi connectivity index (χ3n) is 6.18. The minimum Gasteiger partial charge on any atom is -0.505 e. The second-order valence-corrected chi connectivity index (χ2v) is 8.93. The molecule has 0 saturated carbocycles. The van der Waals surface area contributed by atoms with Gasteiger partial charge in [0.1, 0.15) is 17.1 Å². The van der Waals surface area contributed by atoms with Gasteiger partial charge in [0.25, 0.3) is 0 Å². The molecule has 5 nitrogen and oxygen atoms in total. The summed E-state index contributed by atoms with van der Waals surface area (Å²) in [4.78, 5) is 16.9. The number of nitrogens with one attached hydrogen (secondary N) is 1. The van der Waals surface area contributed by atoms with E-state index in [9.17, 15) is 14.3 Å². The van der Waals surface area contributed by atoms with E-state index in [1.54, 1.807) is 36.4 Å². The fraction of sp³-hybridized carbons (Fsp3) is 0.267. The van der Waals surface area contributed by atoms with Gasteiger partial charge in [0.2, 0.25) is 0 Å². The molecule has 0 aliphatic carbocycles. The number of fused-ring (bicyclic) bond motifs is 1. The Labute approximate surface area is 211 Å². The lowest BCUT2D eigenvalue weighted by Gasteiger charge is -2.23. The van der Waals surface area contributed by atoms with E-state index in [4.69, 9.17) is 4.74 Å². The minimum atomic E-state index is -0.478. The molecule has 186 valence electrons. The summed E-state index contributed by atoms with van der Waals surface area (Å²) in [5.74, 6) is -0.613. The van der Waals surface area contributed by atoms with Crippen molar-refractivity contribution >= 4 is 22.6 Å². The fourth-order valence-corrected chi connectivity index (χ4v) is 4.16. The summed E-state index contributed by atoms with van der Waals surface area (Å²) in [7, 11) is 0. The third-order valence-corrected chi connectivity index (χ3v) is 6.18. The largest absolute Gasteiger partial charge is 0.505 e. The van der Waals surface area contributed by atoms with Gasteiger partial charge in [0, 0.05) is 22.3 Å². The molecule has 2 N–H and O–H groups in total. The number of benzene rings is 3. The summed E-state index contributed by atoms with van der Waals surface area (Å²) in [6.07, 6.45) is 4.18. The molecule has 0 bridgehead atoms. The number of aromatic nitrogens is 1. The van der Waals surface area contributed by atoms with Crippen molar-refractivity contribution in [1.82, 2.24) is 4.98 Å². The average molecular weight is 487 g/mol. The van der Waals surface area contributed by atoms with Crippen LogP contribution in [0.5, 0.6) is 5.75 Å². The van der Waals surface area contributed by atoms with E-state index < -0.39 is 6.04 Å². The topological polar surface area (TPSA) is 71.5 Å². The van der Waals surface area contributed by atoms with Crippen molar-refractivity contribution in [2.24, 2.45) is 0 Å². The lowest BCUT2D eigenvalue weighted by molar-refractivity contribution is 0.0498. The summed E-state index contributed by atoms with van der Waals surface area (Å²) in [5.41, 5.74) is 3.91. The highest BCUT2D eigenvalue weighted by atomic mass is 19.1. The van der Waals surface area contributed by atoms with Gasteiger partial charge >= 0.3 is 5.97 Å². The number of phenols is 1. The van der Waals surface area contributed by atoms with Gasteiger partial charge in [-0.3, -0.25) is 0 Å². The Morgan fingerprint density at radius 2 is 1.69 bits per heavy atom. The molecule has 0 aliphatic rings. The molecule has 0 spiro atoms. The molecule has 4 aromatic rings. The van der Waals surface area contributed by atoms with E-state index in [2.05, 4.69) is 17.2 Å². The minimum absolute atomic E-state index is 0.0706. The van der Waals surface area contributed by atoms with E-state index in [0.717, 1.165) is 48.0 Å². The van der Waals surface area contributed by atoms with Crippen LogP contribution in [0.2, 0.25) is 0 Å². The Balaban J connectivity index is 1.58. The van der Waals surface area contributed by atoms with Crippen LogP contribution in [0.1, 0.15) is 65.8 Å². The smallest absolute Gasteiger partial charge is 0.338 e. The summed E-state index contributed by atoms with van der Waals surface area (Å²) in [5, 5.41) is 15.4. The van der Waals surface area contributed by atoms with Crippen molar-refractivity contribution in [3.63, 3.8) is 0 Å². The molecule has 1 atom stereocenters. The van der Waals surface area contributed by atoms with Crippen LogP contribution in [0, 0.1) is 12.7 Å². The molecule has 0 radical (unpaired) electrons. The Morgan fingerprint density at radius 1 is 0.972 bits per heavy atom. The average Bonchev–Trinajstić information content (AvgIpc) is 2.89. The van der Waals surface area contributed by atoms with Crippen molar-refractivity contribution in [3.8, 4) is 5.75 Å². The normalized spacial score (nSPS) is 11.9. The highest BCUT2D eigenvalue weighted by Crippen LogP contribution is 2.36. The Morgan fingerprint density at radius 3 is 2.42 bits per heavy atom. The number of rotatable bonds is 10. The van der Waals surface area contributed by atoms with Crippen molar-refractivity contribution in [3.05, 3.63) is 101 Å². The van der Waals surface area contributed by atoms with Gasteiger partial charge in [-0.2, -0.15) is 0 Å². The maximum absolute atomic E-state index is 13.7. The van der Waals surface area contributed by atoms with Gasteiger partial charge in [-0.25, -0.2) is 14.2 Å². The molecule has 4 rings (SSSR count). The first-order valence-electron chi connectivity index (χ1n) is 12.3. The van der Waals surface area contributed by atoms with Crippen LogP contribution in [0.15, 0.2) is 72.8 Å². The summed E-state index contributed by atoms with van der Waals surface area (Å²) in [6.45, 7) is 4.43.